The predicted molar refractivity (Wildman–Crippen MR) is 88.7 cm³/mol. The molecule has 2 rings (SSSR count). The van der Waals surface area contributed by atoms with Crippen molar-refractivity contribution in [3.8, 4) is 0 Å². The number of nitrogens with zero attached hydrogens (tertiary/aromatic N) is 4. The minimum Gasteiger partial charge on any atom is -0.384 e. The summed E-state index contributed by atoms with van der Waals surface area (Å²) >= 11 is 0. The third-order valence-corrected chi connectivity index (χ3v) is 4.22. The molecule has 1 aromatic rings. The zero-order valence-corrected chi connectivity index (χ0v) is 14.1. The van der Waals surface area contributed by atoms with Crippen LogP contribution in [0.5, 0.6) is 0 Å². The van der Waals surface area contributed by atoms with E-state index in [9.17, 15) is 0 Å². The van der Waals surface area contributed by atoms with Gasteiger partial charge in [0, 0.05) is 30.6 Å². The molecule has 5 nitrogen and oxygen atoms in total. The highest BCUT2D eigenvalue weighted by Crippen LogP contribution is 2.26. The van der Waals surface area contributed by atoms with Gasteiger partial charge >= 0.3 is 0 Å². The minimum atomic E-state index is -0.0812. The lowest BCUT2D eigenvalue weighted by molar-refractivity contribution is 0.232. The van der Waals surface area contributed by atoms with Crippen LogP contribution in [0.4, 0.5) is 11.6 Å². The molecule has 118 valence electrons. The van der Waals surface area contributed by atoms with Gasteiger partial charge in [-0.1, -0.05) is 34.6 Å². The molecule has 0 radical (unpaired) electrons. The van der Waals surface area contributed by atoms with E-state index in [4.69, 9.17) is 10.7 Å². The number of nitrogens with two attached hydrogens (primary N) is 1. The molecule has 1 saturated heterocycles. The molecule has 0 amide bonds. The topological polar surface area (TPSA) is 58.3 Å². The van der Waals surface area contributed by atoms with Crippen LogP contribution in [0.25, 0.3) is 0 Å². The summed E-state index contributed by atoms with van der Waals surface area (Å²) in [5.41, 5.74) is 5.90. The molecule has 0 saturated carbocycles. The van der Waals surface area contributed by atoms with Crippen molar-refractivity contribution in [2.24, 2.45) is 0 Å². The number of rotatable bonds is 4. The number of aromatic nitrogens is 2. The molecule has 1 atom stereocenters. The van der Waals surface area contributed by atoms with Crippen molar-refractivity contribution < 1.29 is 0 Å². The monoisotopic (exact) mass is 291 g/mol. The molecular weight excluding hydrogens is 262 g/mol. The van der Waals surface area contributed by atoms with Crippen LogP contribution < -0.4 is 10.6 Å². The van der Waals surface area contributed by atoms with Crippen molar-refractivity contribution in [2.75, 3.05) is 36.8 Å². The van der Waals surface area contributed by atoms with Crippen molar-refractivity contribution in [2.45, 2.75) is 52.5 Å². The van der Waals surface area contributed by atoms with Crippen molar-refractivity contribution in [1.29, 1.82) is 0 Å². The summed E-state index contributed by atoms with van der Waals surface area (Å²) < 4.78 is 0. The Morgan fingerprint density at radius 3 is 2.52 bits per heavy atom. The van der Waals surface area contributed by atoms with Crippen LogP contribution in [-0.2, 0) is 5.41 Å². The van der Waals surface area contributed by atoms with Gasteiger partial charge in [-0.2, -0.15) is 0 Å². The van der Waals surface area contributed by atoms with Crippen LogP contribution in [0.1, 0.15) is 46.9 Å². The molecule has 1 fully saturated rings. The van der Waals surface area contributed by atoms with E-state index >= 15 is 0 Å². The fraction of sp³-hybridized carbons (Fsp3) is 0.750. The Kier molecular flexibility index (Phi) is 4.71. The molecular formula is C16H29N5. The van der Waals surface area contributed by atoms with Crippen LogP contribution in [0.2, 0.25) is 0 Å². The Labute approximate surface area is 128 Å². The van der Waals surface area contributed by atoms with Crippen molar-refractivity contribution >= 4 is 11.6 Å². The summed E-state index contributed by atoms with van der Waals surface area (Å²) in [6.07, 6.45) is 1.19. The van der Waals surface area contributed by atoms with E-state index in [1.165, 1.54) is 6.42 Å². The van der Waals surface area contributed by atoms with E-state index in [2.05, 4.69) is 49.4 Å². The maximum Gasteiger partial charge on any atom is 0.138 e. The highest BCUT2D eigenvalue weighted by Gasteiger charge is 2.28. The first-order valence-corrected chi connectivity index (χ1v) is 7.99. The predicted octanol–water partition coefficient (Wildman–Crippen LogP) is 2.28. The van der Waals surface area contributed by atoms with E-state index in [-0.39, 0.29) is 5.41 Å². The number of hydrogen-bond donors (Lipinski definition) is 1. The molecule has 1 aromatic heterocycles. The Hall–Kier alpha value is -1.36. The molecule has 1 aliphatic heterocycles. The molecule has 0 bridgehead atoms. The zero-order chi connectivity index (χ0) is 15.6. The standard InChI is InChI=1S/C16H29N5/c1-6-20(7-2)12-8-9-21(11-12)14-10-13(17)18-15(19-14)16(3,4)5/h10,12H,6-9,11H2,1-5H3,(H2,17,18,19). The Morgan fingerprint density at radius 1 is 1.29 bits per heavy atom. The van der Waals surface area contributed by atoms with Gasteiger partial charge in [-0.25, -0.2) is 9.97 Å². The van der Waals surface area contributed by atoms with Gasteiger partial charge in [0.15, 0.2) is 0 Å². The molecule has 5 heteroatoms. The van der Waals surface area contributed by atoms with Crippen LogP contribution in [0, 0.1) is 0 Å². The molecule has 1 aliphatic rings. The highest BCUT2D eigenvalue weighted by atomic mass is 15.3. The number of hydrogen-bond acceptors (Lipinski definition) is 5. The second-order valence-electron chi connectivity index (χ2n) is 6.83. The van der Waals surface area contributed by atoms with E-state index in [1.807, 2.05) is 6.07 Å². The molecule has 0 aliphatic carbocycles. The van der Waals surface area contributed by atoms with Gasteiger partial charge in [0.05, 0.1) is 0 Å². The summed E-state index contributed by atoms with van der Waals surface area (Å²) in [6, 6.07) is 2.52. The fourth-order valence-corrected chi connectivity index (χ4v) is 2.94. The third kappa shape index (κ3) is 3.64. The molecule has 21 heavy (non-hydrogen) atoms. The second-order valence-corrected chi connectivity index (χ2v) is 6.83. The second kappa shape index (κ2) is 6.18. The number of likely N-dealkylation sites (N-methyl/N-ethyl adjacent to an activating group) is 1. The van der Waals surface area contributed by atoms with Gasteiger partial charge in [0.2, 0.25) is 0 Å². The van der Waals surface area contributed by atoms with E-state index in [0.29, 0.717) is 11.9 Å². The first-order chi connectivity index (χ1) is 9.85. The normalized spacial score (nSPS) is 19.5. The maximum atomic E-state index is 5.98. The van der Waals surface area contributed by atoms with Gasteiger partial charge in [0.25, 0.3) is 0 Å². The van der Waals surface area contributed by atoms with Crippen LogP contribution >= 0.6 is 0 Å². The molecule has 0 aromatic carbocycles. The van der Waals surface area contributed by atoms with Gasteiger partial charge in [-0.3, -0.25) is 4.90 Å². The van der Waals surface area contributed by atoms with E-state index in [0.717, 1.165) is 37.8 Å². The molecule has 2 N–H and O–H groups in total. The van der Waals surface area contributed by atoms with Gasteiger partial charge in [-0.15, -0.1) is 0 Å². The summed E-state index contributed by atoms with van der Waals surface area (Å²) in [5.74, 6) is 2.36. The van der Waals surface area contributed by atoms with Crippen LogP contribution in [0.3, 0.4) is 0 Å². The summed E-state index contributed by atoms with van der Waals surface area (Å²) in [7, 11) is 0. The van der Waals surface area contributed by atoms with Gasteiger partial charge in [0.1, 0.15) is 17.5 Å². The maximum absolute atomic E-state index is 5.98. The summed E-state index contributed by atoms with van der Waals surface area (Å²) in [5, 5.41) is 0. The largest absolute Gasteiger partial charge is 0.384 e. The van der Waals surface area contributed by atoms with Gasteiger partial charge in [-0.05, 0) is 19.5 Å². The summed E-state index contributed by atoms with van der Waals surface area (Å²) in [6.45, 7) is 15.1. The molecule has 0 spiro atoms. The van der Waals surface area contributed by atoms with Crippen molar-refractivity contribution in [3.05, 3.63) is 11.9 Å². The quantitative estimate of drug-likeness (QED) is 0.922. The van der Waals surface area contributed by atoms with Gasteiger partial charge < -0.3 is 10.6 Å². The Bertz CT molecular complexity index is 476. The fourth-order valence-electron chi connectivity index (χ4n) is 2.94. The zero-order valence-electron chi connectivity index (χ0n) is 14.1. The van der Waals surface area contributed by atoms with Crippen molar-refractivity contribution in [3.63, 3.8) is 0 Å². The first kappa shape index (κ1) is 16.0. The SMILES string of the molecule is CCN(CC)C1CCN(c2cc(N)nc(C(C)(C)C)n2)C1. The lowest BCUT2D eigenvalue weighted by Crippen LogP contribution is -2.37. The Morgan fingerprint density at radius 2 is 1.95 bits per heavy atom. The highest BCUT2D eigenvalue weighted by molar-refractivity contribution is 5.48. The third-order valence-electron chi connectivity index (χ3n) is 4.22. The average Bonchev–Trinajstić information content (AvgIpc) is 2.88. The average molecular weight is 291 g/mol. The summed E-state index contributed by atoms with van der Waals surface area (Å²) in [4.78, 5) is 14.0. The first-order valence-electron chi connectivity index (χ1n) is 7.99. The molecule has 1 unspecified atom stereocenters. The van der Waals surface area contributed by atoms with E-state index in [1.54, 1.807) is 0 Å². The van der Waals surface area contributed by atoms with Crippen LogP contribution in [0.15, 0.2) is 6.07 Å². The van der Waals surface area contributed by atoms with Crippen LogP contribution in [-0.4, -0.2) is 47.1 Å². The molecule has 2 heterocycles. The van der Waals surface area contributed by atoms with E-state index < -0.39 is 0 Å². The van der Waals surface area contributed by atoms with Crippen molar-refractivity contribution in [1.82, 2.24) is 14.9 Å². The minimum absolute atomic E-state index is 0.0812. The number of anilines is 2. The number of nitrogen functional groups attached to an aromatic ring is 1. The Balaban J connectivity index is 2.18. The lowest BCUT2D eigenvalue weighted by Gasteiger charge is -2.27. The lowest BCUT2D eigenvalue weighted by atomic mass is 9.96. The smallest absolute Gasteiger partial charge is 0.138 e.